The van der Waals surface area contributed by atoms with Gasteiger partial charge in [-0.1, -0.05) is 18.2 Å². The van der Waals surface area contributed by atoms with Crippen LogP contribution in [0.15, 0.2) is 54.6 Å². The Balaban J connectivity index is 1.63. The summed E-state index contributed by atoms with van der Waals surface area (Å²) in [5, 5.41) is 2.54. The zero-order chi connectivity index (χ0) is 16.2. The van der Waals surface area contributed by atoms with Gasteiger partial charge in [0.25, 0.3) is 5.91 Å². The summed E-state index contributed by atoms with van der Waals surface area (Å²) >= 11 is 0. The lowest BCUT2D eigenvalue weighted by Gasteiger charge is -2.25. The lowest BCUT2D eigenvalue weighted by molar-refractivity contribution is -0.162. The molecular weight excluding hydrogens is 298 g/mol. The Kier molecular flexibility index (Phi) is 4.05. The number of nitrogens with one attached hydrogen (secondary N) is 1. The maximum atomic E-state index is 12.0. The molecule has 1 N–H and O–H groups in total. The molecule has 1 fully saturated rings. The van der Waals surface area contributed by atoms with Gasteiger partial charge in [-0.05, 0) is 36.4 Å². The number of benzene rings is 2. The van der Waals surface area contributed by atoms with Gasteiger partial charge in [0.2, 0.25) is 0 Å². The van der Waals surface area contributed by atoms with Gasteiger partial charge in [-0.25, -0.2) is 9.59 Å². The molecular formula is C17H13NO5. The Morgan fingerprint density at radius 2 is 1.65 bits per heavy atom. The molecule has 0 spiro atoms. The number of carbonyl (C=O) groups is 3. The highest BCUT2D eigenvalue weighted by molar-refractivity contribution is 5.99. The molecule has 3 rings (SSSR count). The van der Waals surface area contributed by atoms with Crippen LogP contribution in [0.25, 0.3) is 0 Å². The highest BCUT2D eigenvalue weighted by Crippen LogP contribution is 2.13. The fraction of sp³-hybridized carbons (Fsp3) is 0.118. The largest absolute Gasteiger partial charge is 0.461 e. The fourth-order valence-electron chi connectivity index (χ4n) is 1.99. The van der Waals surface area contributed by atoms with Crippen LogP contribution in [0.5, 0.6) is 5.75 Å². The zero-order valence-corrected chi connectivity index (χ0v) is 12.0. The van der Waals surface area contributed by atoms with Crippen LogP contribution < -0.4 is 10.1 Å². The van der Waals surface area contributed by atoms with E-state index in [0.29, 0.717) is 16.9 Å². The van der Waals surface area contributed by atoms with Crippen LogP contribution in [0.1, 0.15) is 20.7 Å². The minimum absolute atomic E-state index is 0.187. The molecule has 6 nitrogen and oxygen atoms in total. The fourth-order valence-corrected chi connectivity index (χ4v) is 1.99. The van der Waals surface area contributed by atoms with Crippen LogP contribution in [0, 0.1) is 0 Å². The van der Waals surface area contributed by atoms with Crippen molar-refractivity contribution in [1.29, 1.82) is 0 Å². The number of cyclic esters (lactones) is 1. The van der Waals surface area contributed by atoms with Gasteiger partial charge in [-0.2, -0.15) is 0 Å². The van der Waals surface area contributed by atoms with Crippen LogP contribution in [0.4, 0.5) is 0 Å². The van der Waals surface area contributed by atoms with E-state index in [1.54, 1.807) is 24.3 Å². The molecule has 116 valence electrons. The second-order valence-electron chi connectivity index (χ2n) is 4.94. The van der Waals surface area contributed by atoms with Crippen LogP contribution in [-0.4, -0.2) is 30.5 Å². The summed E-state index contributed by atoms with van der Waals surface area (Å²) in [4.78, 5) is 34.9. The Labute approximate surface area is 132 Å². The average molecular weight is 311 g/mol. The second-order valence-corrected chi connectivity index (χ2v) is 4.94. The third-order valence-corrected chi connectivity index (χ3v) is 3.32. The van der Waals surface area contributed by atoms with E-state index in [9.17, 15) is 14.4 Å². The Morgan fingerprint density at radius 3 is 2.22 bits per heavy atom. The van der Waals surface area contributed by atoms with Crippen LogP contribution in [0.2, 0.25) is 0 Å². The van der Waals surface area contributed by atoms with Crippen LogP contribution in [0.3, 0.4) is 0 Å². The minimum Gasteiger partial charge on any atom is -0.461 e. The summed E-state index contributed by atoms with van der Waals surface area (Å²) in [5.74, 6) is -0.899. The van der Waals surface area contributed by atoms with E-state index in [1.807, 2.05) is 6.07 Å². The lowest BCUT2D eigenvalue weighted by Crippen LogP contribution is -2.52. The number of ether oxygens (including phenoxy) is 2. The first kappa shape index (κ1) is 14.8. The summed E-state index contributed by atoms with van der Waals surface area (Å²) in [6.07, 6.45) is 0. The van der Waals surface area contributed by atoms with E-state index in [0.717, 1.165) is 0 Å². The van der Waals surface area contributed by atoms with E-state index in [2.05, 4.69) is 10.1 Å². The highest BCUT2D eigenvalue weighted by atomic mass is 16.6. The summed E-state index contributed by atoms with van der Waals surface area (Å²) < 4.78 is 9.78. The van der Waals surface area contributed by atoms with Gasteiger partial charge >= 0.3 is 11.9 Å². The minimum atomic E-state index is -0.592. The predicted molar refractivity (Wildman–Crippen MR) is 80.1 cm³/mol. The number of esters is 2. The van der Waals surface area contributed by atoms with Crippen molar-refractivity contribution >= 4 is 17.8 Å². The monoisotopic (exact) mass is 311 g/mol. The molecule has 1 aliphatic heterocycles. The highest BCUT2D eigenvalue weighted by Gasteiger charge is 2.32. The molecule has 1 aliphatic rings. The molecule has 0 unspecified atom stereocenters. The first-order chi connectivity index (χ1) is 11.1. The molecule has 1 amide bonds. The summed E-state index contributed by atoms with van der Waals surface area (Å²) in [5.41, 5.74) is 0.675. The van der Waals surface area contributed by atoms with Gasteiger partial charge in [-0.15, -0.1) is 0 Å². The molecule has 0 bridgehead atoms. The average Bonchev–Trinajstić information content (AvgIpc) is 2.59. The quantitative estimate of drug-likeness (QED) is 0.684. The molecule has 1 saturated heterocycles. The standard InChI is InChI=1S/C17H13NO5/c19-15(18-14-10-22-17(14)21)11-6-8-12(9-7-11)16(20)23-13-4-2-1-3-5-13/h1-9,14H,10H2,(H,18,19)/t14-/m0/s1. The molecule has 0 radical (unpaired) electrons. The van der Waals surface area contributed by atoms with E-state index < -0.39 is 23.9 Å². The smallest absolute Gasteiger partial charge is 0.343 e. The topological polar surface area (TPSA) is 81.7 Å². The normalized spacial score (nSPS) is 16.0. The lowest BCUT2D eigenvalue weighted by atomic mass is 10.1. The van der Waals surface area contributed by atoms with Crippen molar-refractivity contribution in [2.45, 2.75) is 6.04 Å². The van der Waals surface area contributed by atoms with Crippen molar-refractivity contribution in [3.05, 3.63) is 65.7 Å². The number of hydrogen-bond donors (Lipinski definition) is 1. The van der Waals surface area contributed by atoms with Crippen molar-refractivity contribution in [1.82, 2.24) is 5.32 Å². The van der Waals surface area contributed by atoms with Gasteiger partial charge in [0.1, 0.15) is 12.4 Å². The molecule has 0 saturated carbocycles. The summed E-state index contributed by atoms with van der Waals surface area (Å²) in [6, 6.07) is 14.1. The Morgan fingerprint density at radius 1 is 1.00 bits per heavy atom. The predicted octanol–water partition coefficient (Wildman–Crippen LogP) is 1.56. The molecule has 1 atom stereocenters. The summed E-state index contributed by atoms with van der Waals surface area (Å²) in [6.45, 7) is 0.187. The molecule has 1 heterocycles. The Hall–Kier alpha value is -3.15. The molecule has 0 aliphatic carbocycles. The van der Waals surface area contributed by atoms with E-state index in [-0.39, 0.29) is 6.61 Å². The first-order valence-corrected chi connectivity index (χ1v) is 6.98. The van der Waals surface area contributed by atoms with Crippen molar-refractivity contribution < 1.29 is 23.9 Å². The number of amides is 1. The van der Waals surface area contributed by atoms with Gasteiger partial charge in [-0.3, -0.25) is 4.79 Å². The molecule has 0 aromatic heterocycles. The van der Waals surface area contributed by atoms with Gasteiger partial charge in [0.05, 0.1) is 5.56 Å². The van der Waals surface area contributed by atoms with E-state index in [4.69, 9.17) is 4.74 Å². The Bertz CT molecular complexity index is 739. The van der Waals surface area contributed by atoms with Crippen molar-refractivity contribution in [3.63, 3.8) is 0 Å². The van der Waals surface area contributed by atoms with Crippen molar-refractivity contribution in [3.8, 4) is 5.75 Å². The third-order valence-electron chi connectivity index (χ3n) is 3.32. The van der Waals surface area contributed by atoms with Gasteiger partial charge in [0.15, 0.2) is 6.04 Å². The van der Waals surface area contributed by atoms with Gasteiger partial charge < -0.3 is 14.8 Å². The number of para-hydroxylation sites is 1. The molecule has 2 aromatic rings. The van der Waals surface area contributed by atoms with Crippen LogP contribution >= 0.6 is 0 Å². The zero-order valence-electron chi connectivity index (χ0n) is 12.0. The first-order valence-electron chi connectivity index (χ1n) is 6.98. The van der Waals surface area contributed by atoms with Crippen molar-refractivity contribution in [2.75, 3.05) is 6.61 Å². The molecule has 23 heavy (non-hydrogen) atoms. The number of carbonyl (C=O) groups excluding carboxylic acids is 3. The number of rotatable bonds is 4. The van der Waals surface area contributed by atoms with E-state index >= 15 is 0 Å². The maximum absolute atomic E-state index is 12.0. The second kappa shape index (κ2) is 6.31. The molecule has 6 heteroatoms. The van der Waals surface area contributed by atoms with Gasteiger partial charge in [0, 0.05) is 5.56 Å². The summed E-state index contributed by atoms with van der Waals surface area (Å²) in [7, 11) is 0. The SMILES string of the molecule is O=C(N[C@H]1COC1=O)c1ccc(C(=O)Oc2ccccc2)cc1. The molecule has 2 aromatic carbocycles. The van der Waals surface area contributed by atoms with E-state index in [1.165, 1.54) is 24.3 Å². The maximum Gasteiger partial charge on any atom is 0.343 e. The van der Waals surface area contributed by atoms with Crippen molar-refractivity contribution in [2.24, 2.45) is 0 Å². The third kappa shape index (κ3) is 3.37. The van der Waals surface area contributed by atoms with Crippen LogP contribution in [-0.2, 0) is 9.53 Å². The number of hydrogen-bond acceptors (Lipinski definition) is 5.